The summed E-state index contributed by atoms with van der Waals surface area (Å²) in [6.45, 7) is 4.08. The van der Waals surface area contributed by atoms with Gasteiger partial charge < -0.3 is 4.74 Å². The van der Waals surface area contributed by atoms with Crippen molar-refractivity contribution in [3.8, 4) is 5.75 Å². The fraction of sp³-hybridized carbons (Fsp3) is 0.267. The monoisotopic (exact) mass is 213 g/mol. The molecule has 0 amide bonds. The summed E-state index contributed by atoms with van der Waals surface area (Å²) < 4.78 is 5.61. The zero-order valence-electron chi connectivity index (χ0n) is 9.81. The highest BCUT2D eigenvalue weighted by molar-refractivity contribution is 5.74. The highest BCUT2D eigenvalue weighted by Gasteiger charge is 2.04. The van der Waals surface area contributed by atoms with E-state index in [4.69, 9.17) is 4.74 Å². The summed E-state index contributed by atoms with van der Waals surface area (Å²) in [6.07, 6.45) is 9.89. The number of hydrogen-bond donors (Lipinski definition) is 0. The molecule has 1 aliphatic rings. The molecule has 0 spiro atoms. The van der Waals surface area contributed by atoms with Crippen LogP contribution >= 0.6 is 0 Å². The molecule has 1 heteroatoms. The van der Waals surface area contributed by atoms with E-state index in [0.29, 0.717) is 0 Å². The number of allylic oxidation sites excluding steroid dienone is 4. The molecule has 0 saturated carbocycles. The zero-order chi connectivity index (χ0) is 11.4. The normalized spacial score (nSPS) is 15.1. The molecule has 0 unspecified atom stereocenters. The summed E-state index contributed by atoms with van der Waals surface area (Å²) in [4.78, 5) is 0. The van der Waals surface area contributed by atoms with E-state index in [1.54, 1.807) is 0 Å². The summed E-state index contributed by atoms with van der Waals surface area (Å²) in [5, 5.41) is 0. The van der Waals surface area contributed by atoms with Crippen molar-refractivity contribution in [2.75, 3.05) is 0 Å². The van der Waals surface area contributed by atoms with Gasteiger partial charge in [-0.1, -0.05) is 30.4 Å². The van der Waals surface area contributed by atoms with E-state index in [2.05, 4.69) is 36.8 Å². The largest absolute Gasteiger partial charge is 0.491 e. The van der Waals surface area contributed by atoms with Crippen LogP contribution in [0, 0.1) is 6.42 Å². The highest BCUT2D eigenvalue weighted by atomic mass is 16.5. The van der Waals surface area contributed by atoms with Crippen molar-refractivity contribution in [3.05, 3.63) is 54.5 Å². The van der Waals surface area contributed by atoms with Gasteiger partial charge in [-0.25, -0.2) is 0 Å². The lowest BCUT2D eigenvalue weighted by Gasteiger charge is -2.12. The minimum absolute atomic E-state index is 0.231. The molecule has 1 aromatic carbocycles. The second kappa shape index (κ2) is 5.02. The van der Waals surface area contributed by atoms with Crippen LogP contribution in [-0.4, -0.2) is 6.10 Å². The van der Waals surface area contributed by atoms with Crippen molar-refractivity contribution in [3.63, 3.8) is 0 Å². The molecular weight excluding hydrogens is 196 g/mol. The first-order valence-corrected chi connectivity index (χ1v) is 5.73. The first kappa shape index (κ1) is 11.0. The van der Waals surface area contributed by atoms with Crippen molar-refractivity contribution in [2.24, 2.45) is 0 Å². The molecule has 0 heterocycles. The number of benzene rings is 1. The van der Waals surface area contributed by atoms with Gasteiger partial charge in [0.1, 0.15) is 5.75 Å². The van der Waals surface area contributed by atoms with Gasteiger partial charge in [0.2, 0.25) is 0 Å². The van der Waals surface area contributed by atoms with Crippen LogP contribution in [0.5, 0.6) is 5.75 Å². The SMILES string of the molecule is CC(C)Oc1ccc(C2=CC=CC[CH]2)cc1. The average Bonchev–Trinajstić information content (AvgIpc) is 2.30. The van der Waals surface area contributed by atoms with E-state index in [1.165, 1.54) is 11.1 Å². The second-order valence-corrected chi connectivity index (χ2v) is 4.18. The fourth-order valence-electron chi connectivity index (χ4n) is 1.73. The van der Waals surface area contributed by atoms with Gasteiger partial charge in [0, 0.05) is 0 Å². The van der Waals surface area contributed by atoms with E-state index in [9.17, 15) is 0 Å². The molecule has 1 aromatic rings. The van der Waals surface area contributed by atoms with Crippen LogP contribution in [0.4, 0.5) is 0 Å². The van der Waals surface area contributed by atoms with Crippen LogP contribution in [0.15, 0.2) is 42.5 Å². The van der Waals surface area contributed by atoms with Gasteiger partial charge >= 0.3 is 0 Å². The van der Waals surface area contributed by atoms with E-state index >= 15 is 0 Å². The molecule has 0 aromatic heterocycles. The maximum atomic E-state index is 5.61. The number of hydrogen-bond acceptors (Lipinski definition) is 1. The van der Waals surface area contributed by atoms with Crippen LogP contribution in [0.25, 0.3) is 5.57 Å². The smallest absolute Gasteiger partial charge is 0.119 e. The number of ether oxygens (including phenoxy) is 1. The van der Waals surface area contributed by atoms with Gasteiger partial charge in [0.15, 0.2) is 0 Å². The molecule has 0 saturated heterocycles. The van der Waals surface area contributed by atoms with Crippen LogP contribution < -0.4 is 4.74 Å². The Hall–Kier alpha value is -1.50. The summed E-state index contributed by atoms with van der Waals surface area (Å²) in [5.74, 6) is 0.936. The molecule has 0 N–H and O–H groups in total. The molecule has 2 rings (SSSR count). The zero-order valence-corrected chi connectivity index (χ0v) is 9.81. The highest BCUT2D eigenvalue weighted by Crippen LogP contribution is 2.24. The predicted octanol–water partition coefficient (Wildman–Crippen LogP) is 4.02. The molecule has 1 radical (unpaired) electrons. The topological polar surface area (TPSA) is 9.23 Å². The van der Waals surface area contributed by atoms with E-state index in [0.717, 1.165) is 12.2 Å². The standard InChI is InChI=1S/C15H17O/c1-12(2)16-15-10-8-14(9-11-15)13-6-4-3-5-7-13/h3-4,6-12H,5H2,1-2H3. The third kappa shape index (κ3) is 2.75. The van der Waals surface area contributed by atoms with Gasteiger partial charge in [-0.2, -0.15) is 0 Å². The average molecular weight is 213 g/mol. The van der Waals surface area contributed by atoms with E-state index < -0.39 is 0 Å². The van der Waals surface area contributed by atoms with Crippen molar-refractivity contribution < 1.29 is 4.74 Å². The predicted molar refractivity (Wildman–Crippen MR) is 68.2 cm³/mol. The molecule has 16 heavy (non-hydrogen) atoms. The minimum Gasteiger partial charge on any atom is -0.491 e. The molecule has 1 nitrogen and oxygen atoms in total. The second-order valence-electron chi connectivity index (χ2n) is 4.18. The Morgan fingerprint density at radius 3 is 2.44 bits per heavy atom. The van der Waals surface area contributed by atoms with Gasteiger partial charge in [0.25, 0.3) is 0 Å². The lowest BCUT2D eigenvalue weighted by atomic mass is 9.97. The van der Waals surface area contributed by atoms with Gasteiger partial charge in [0.05, 0.1) is 6.10 Å². The quantitative estimate of drug-likeness (QED) is 0.736. The molecule has 0 bridgehead atoms. The van der Waals surface area contributed by atoms with Gasteiger partial charge in [-0.05, 0) is 50.0 Å². The molecule has 83 valence electrons. The third-order valence-corrected chi connectivity index (χ3v) is 2.45. The summed E-state index contributed by atoms with van der Waals surface area (Å²) in [5.41, 5.74) is 2.54. The molecule has 0 aliphatic heterocycles. The van der Waals surface area contributed by atoms with Crippen LogP contribution in [-0.2, 0) is 0 Å². The Morgan fingerprint density at radius 2 is 1.88 bits per heavy atom. The summed E-state index contributed by atoms with van der Waals surface area (Å²) >= 11 is 0. The maximum Gasteiger partial charge on any atom is 0.119 e. The van der Waals surface area contributed by atoms with Crippen LogP contribution in [0.1, 0.15) is 25.8 Å². The van der Waals surface area contributed by atoms with E-state index in [1.807, 2.05) is 26.0 Å². The van der Waals surface area contributed by atoms with Crippen LogP contribution in [0.3, 0.4) is 0 Å². The minimum atomic E-state index is 0.231. The Morgan fingerprint density at radius 1 is 1.12 bits per heavy atom. The molecule has 0 atom stereocenters. The fourth-order valence-corrected chi connectivity index (χ4v) is 1.73. The first-order valence-electron chi connectivity index (χ1n) is 5.73. The lowest BCUT2D eigenvalue weighted by Crippen LogP contribution is -2.05. The van der Waals surface area contributed by atoms with Gasteiger partial charge in [-0.15, -0.1) is 0 Å². The van der Waals surface area contributed by atoms with Crippen molar-refractivity contribution >= 4 is 5.57 Å². The van der Waals surface area contributed by atoms with Gasteiger partial charge in [-0.3, -0.25) is 0 Å². The van der Waals surface area contributed by atoms with Crippen molar-refractivity contribution in [2.45, 2.75) is 26.4 Å². The molecular formula is C15H17O. The Kier molecular flexibility index (Phi) is 3.45. The van der Waals surface area contributed by atoms with Crippen LogP contribution in [0.2, 0.25) is 0 Å². The third-order valence-electron chi connectivity index (χ3n) is 2.45. The van der Waals surface area contributed by atoms with E-state index in [-0.39, 0.29) is 6.10 Å². The molecule has 1 aliphatic carbocycles. The maximum absolute atomic E-state index is 5.61. The number of rotatable bonds is 3. The van der Waals surface area contributed by atoms with Crippen molar-refractivity contribution in [1.82, 2.24) is 0 Å². The summed E-state index contributed by atoms with van der Waals surface area (Å²) in [6, 6.07) is 8.28. The lowest BCUT2D eigenvalue weighted by molar-refractivity contribution is 0.242. The molecule has 0 fully saturated rings. The Labute approximate surface area is 97.4 Å². The van der Waals surface area contributed by atoms with Crippen molar-refractivity contribution in [1.29, 1.82) is 0 Å². The Bertz CT molecular complexity index is 396. The summed E-state index contributed by atoms with van der Waals surface area (Å²) in [7, 11) is 0. The Balaban J connectivity index is 2.12. The first-order chi connectivity index (χ1) is 7.75.